The molecule has 0 saturated carbocycles. The Morgan fingerprint density at radius 3 is 2.79 bits per heavy atom. The first kappa shape index (κ1) is 15.8. The van der Waals surface area contributed by atoms with Gasteiger partial charge < -0.3 is 8.98 Å². The number of carbonyl (C=O) groups excluding carboxylic acids is 1. The van der Waals surface area contributed by atoms with Gasteiger partial charge in [-0.25, -0.2) is 10.4 Å². The van der Waals surface area contributed by atoms with E-state index < -0.39 is 24.5 Å². The first-order valence-electron chi connectivity index (χ1n) is 6.83. The Labute approximate surface area is 133 Å². The van der Waals surface area contributed by atoms with Gasteiger partial charge in [-0.3, -0.25) is 4.79 Å². The molecule has 1 amide bonds. The summed E-state index contributed by atoms with van der Waals surface area (Å²) in [6.45, 7) is -0.565. The Balaban J connectivity index is 1.82. The summed E-state index contributed by atoms with van der Waals surface area (Å²) in [6, 6.07) is 9.32. The highest BCUT2D eigenvalue weighted by atomic mass is 19.4. The predicted molar refractivity (Wildman–Crippen MR) is 79.2 cm³/mol. The molecule has 0 radical (unpaired) electrons. The van der Waals surface area contributed by atoms with E-state index in [1.807, 2.05) is 0 Å². The zero-order valence-corrected chi connectivity index (χ0v) is 12.1. The van der Waals surface area contributed by atoms with Crippen LogP contribution in [0.4, 0.5) is 13.2 Å². The minimum Gasteiger partial charge on any atom is -0.463 e. The van der Waals surface area contributed by atoms with Gasteiger partial charge in [0.25, 0.3) is 5.91 Å². The number of benzene rings is 1. The number of amides is 1. The van der Waals surface area contributed by atoms with Crippen molar-refractivity contribution in [3.63, 3.8) is 0 Å². The first-order valence-corrected chi connectivity index (χ1v) is 6.83. The van der Waals surface area contributed by atoms with Gasteiger partial charge in [-0.1, -0.05) is 12.1 Å². The average Bonchev–Trinajstić information content (AvgIpc) is 3.15. The third-order valence-electron chi connectivity index (χ3n) is 3.13. The van der Waals surface area contributed by atoms with Crippen molar-refractivity contribution < 1.29 is 22.4 Å². The van der Waals surface area contributed by atoms with Crippen LogP contribution in [-0.4, -0.2) is 21.7 Å². The van der Waals surface area contributed by atoms with Gasteiger partial charge in [0.2, 0.25) is 5.82 Å². The molecule has 0 bridgehead atoms. The quantitative estimate of drug-likeness (QED) is 0.588. The van der Waals surface area contributed by atoms with Crippen LogP contribution >= 0.6 is 0 Å². The number of nitrogens with zero attached hydrogens (tertiary/aromatic N) is 3. The zero-order valence-electron chi connectivity index (χ0n) is 12.1. The lowest BCUT2D eigenvalue weighted by molar-refractivity contribution is -0.147. The molecule has 0 unspecified atom stereocenters. The molecule has 2 aromatic heterocycles. The van der Waals surface area contributed by atoms with Gasteiger partial charge in [0.1, 0.15) is 12.3 Å². The van der Waals surface area contributed by atoms with Crippen LogP contribution in [0.5, 0.6) is 0 Å². The number of hydrazone groups is 1. The van der Waals surface area contributed by atoms with E-state index in [1.54, 1.807) is 24.3 Å². The fourth-order valence-electron chi connectivity index (χ4n) is 2.16. The molecule has 1 N–H and O–H groups in total. The largest absolute Gasteiger partial charge is 0.463 e. The number of nitrogens with one attached hydrogen (secondary N) is 1. The number of carbonyl (C=O) groups is 1. The van der Waals surface area contributed by atoms with Gasteiger partial charge in [0, 0.05) is 0 Å². The molecule has 6 nitrogen and oxygen atoms in total. The molecule has 124 valence electrons. The van der Waals surface area contributed by atoms with E-state index in [4.69, 9.17) is 4.42 Å². The monoisotopic (exact) mass is 336 g/mol. The molecule has 3 rings (SSSR count). The standard InChI is InChI=1S/C15H11F3N4O2/c16-15(17,18)14-20-11-5-1-2-6-12(11)22(14)9-13(23)21-19-8-10-4-3-7-24-10/h1-8H,9H2,(H,21,23). The summed E-state index contributed by atoms with van der Waals surface area (Å²) in [6.07, 6.45) is -2.00. The Hall–Kier alpha value is -3.10. The zero-order chi connectivity index (χ0) is 17.2. The fraction of sp³-hybridized carbons (Fsp3) is 0.133. The highest BCUT2D eigenvalue weighted by molar-refractivity contribution is 5.82. The summed E-state index contributed by atoms with van der Waals surface area (Å²) in [5.74, 6) is -1.44. The summed E-state index contributed by atoms with van der Waals surface area (Å²) in [5, 5.41) is 3.63. The molecule has 0 atom stereocenters. The van der Waals surface area contributed by atoms with Crippen LogP contribution in [-0.2, 0) is 17.5 Å². The number of furan rings is 1. The lowest BCUT2D eigenvalue weighted by Crippen LogP contribution is -2.26. The Morgan fingerprint density at radius 1 is 1.29 bits per heavy atom. The molecule has 3 aromatic rings. The normalized spacial score (nSPS) is 12.1. The topological polar surface area (TPSA) is 72.4 Å². The van der Waals surface area contributed by atoms with Gasteiger partial charge in [-0.15, -0.1) is 0 Å². The predicted octanol–water partition coefficient (Wildman–Crippen LogP) is 2.80. The van der Waals surface area contributed by atoms with Crippen molar-refractivity contribution in [2.45, 2.75) is 12.7 Å². The maximum atomic E-state index is 13.1. The highest BCUT2D eigenvalue weighted by Crippen LogP contribution is 2.31. The van der Waals surface area contributed by atoms with E-state index in [9.17, 15) is 18.0 Å². The van der Waals surface area contributed by atoms with Crippen LogP contribution in [0.25, 0.3) is 11.0 Å². The minimum absolute atomic E-state index is 0.164. The molecule has 0 fully saturated rings. The van der Waals surface area contributed by atoms with Crippen molar-refractivity contribution in [2.75, 3.05) is 0 Å². The second-order valence-corrected chi connectivity index (χ2v) is 4.82. The van der Waals surface area contributed by atoms with Gasteiger partial charge in [-0.05, 0) is 24.3 Å². The molecule has 0 aliphatic carbocycles. The summed E-state index contributed by atoms with van der Waals surface area (Å²) < 4.78 is 45.1. The molecule has 1 aromatic carbocycles. The Bertz CT molecular complexity index is 882. The first-order chi connectivity index (χ1) is 11.4. The molecule has 9 heteroatoms. The second-order valence-electron chi connectivity index (χ2n) is 4.82. The molecular weight excluding hydrogens is 325 g/mol. The van der Waals surface area contributed by atoms with Crippen molar-refractivity contribution in [1.29, 1.82) is 0 Å². The van der Waals surface area contributed by atoms with Gasteiger partial charge in [0.15, 0.2) is 0 Å². The fourth-order valence-corrected chi connectivity index (χ4v) is 2.16. The summed E-state index contributed by atoms with van der Waals surface area (Å²) in [4.78, 5) is 15.5. The van der Waals surface area contributed by atoms with Crippen LogP contribution in [0.15, 0.2) is 52.2 Å². The molecule has 0 spiro atoms. The molecule has 0 aliphatic heterocycles. The van der Waals surface area contributed by atoms with E-state index in [0.29, 0.717) is 5.76 Å². The second kappa shape index (κ2) is 6.19. The van der Waals surface area contributed by atoms with Gasteiger partial charge in [0.05, 0.1) is 23.5 Å². The maximum absolute atomic E-state index is 13.1. The van der Waals surface area contributed by atoms with Crippen LogP contribution < -0.4 is 5.43 Å². The SMILES string of the molecule is O=C(Cn1c(C(F)(F)F)nc2ccccc21)NN=Cc1ccco1. The number of alkyl halides is 3. The third kappa shape index (κ3) is 3.29. The average molecular weight is 336 g/mol. The molecule has 24 heavy (non-hydrogen) atoms. The lowest BCUT2D eigenvalue weighted by Gasteiger charge is -2.10. The molecular formula is C15H11F3N4O2. The van der Waals surface area contributed by atoms with E-state index in [-0.39, 0.29) is 11.0 Å². The van der Waals surface area contributed by atoms with Crippen molar-refractivity contribution in [2.24, 2.45) is 5.10 Å². The van der Waals surface area contributed by atoms with Crippen LogP contribution in [0.3, 0.4) is 0 Å². The van der Waals surface area contributed by atoms with Crippen LogP contribution in [0.1, 0.15) is 11.6 Å². The number of rotatable bonds is 4. The Kier molecular flexibility index (Phi) is 4.07. The van der Waals surface area contributed by atoms with Gasteiger partial charge >= 0.3 is 6.18 Å². The number of hydrogen-bond acceptors (Lipinski definition) is 4. The molecule has 0 aliphatic rings. The van der Waals surface area contributed by atoms with Crippen molar-refractivity contribution in [3.05, 3.63) is 54.2 Å². The third-order valence-corrected chi connectivity index (χ3v) is 3.13. The van der Waals surface area contributed by atoms with E-state index in [0.717, 1.165) is 4.57 Å². The van der Waals surface area contributed by atoms with Crippen LogP contribution in [0, 0.1) is 0 Å². The smallest absolute Gasteiger partial charge is 0.449 e. The number of hydrogen-bond donors (Lipinski definition) is 1. The summed E-state index contributed by atoms with van der Waals surface area (Å²) >= 11 is 0. The van der Waals surface area contributed by atoms with Crippen LogP contribution in [0.2, 0.25) is 0 Å². The number of para-hydroxylation sites is 2. The minimum atomic E-state index is -4.67. The van der Waals surface area contributed by atoms with E-state index in [2.05, 4.69) is 15.5 Å². The summed E-state index contributed by atoms with van der Waals surface area (Å²) in [7, 11) is 0. The summed E-state index contributed by atoms with van der Waals surface area (Å²) in [5.41, 5.74) is 2.54. The number of imidazole rings is 1. The van der Waals surface area contributed by atoms with Crippen molar-refractivity contribution in [1.82, 2.24) is 15.0 Å². The Morgan fingerprint density at radius 2 is 2.08 bits per heavy atom. The molecule has 2 heterocycles. The molecule has 0 saturated heterocycles. The number of fused-ring (bicyclic) bond motifs is 1. The van der Waals surface area contributed by atoms with Crippen molar-refractivity contribution in [3.8, 4) is 0 Å². The highest BCUT2D eigenvalue weighted by Gasteiger charge is 2.37. The van der Waals surface area contributed by atoms with Crippen molar-refractivity contribution >= 4 is 23.2 Å². The number of halogens is 3. The lowest BCUT2D eigenvalue weighted by atomic mass is 10.3. The maximum Gasteiger partial charge on any atom is 0.449 e. The number of aromatic nitrogens is 2. The van der Waals surface area contributed by atoms with E-state index >= 15 is 0 Å². The van der Waals surface area contributed by atoms with Gasteiger partial charge in [-0.2, -0.15) is 18.3 Å². The van der Waals surface area contributed by atoms with E-state index in [1.165, 1.54) is 24.6 Å².